The summed E-state index contributed by atoms with van der Waals surface area (Å²) < 4.78 is 0.769. The molecule has 0 aromatic heterocycles. The fourth-order valence-electron chi connectivity index (χ4n) is 3.44. The van der Waals surface area contributed by atoms with E-state index in [0.717, 1.165) is 40.9 Å². The number of alkyl halides is 1. The molecule has 116 valence electrons. The van der Waals surface area contributed by atoms with Crippen LogP contribution < -0.4 is 10.2 Å². The lowest BCUT2D eigenvalue weighted by atomic mass is 9.98. The van der Waals surface area contributed by atoms with Crippen molar-refractivity contribution in [1.29, 1.82) is 5.26 Å². The first kappa shape index (κ1) is 15.6. The van der Waals surface area contributed by atoms with Crippen LogP contribution in [0.15, 0.2) is 12.1 Å². The van der Waals surface area contributed by atoms with Gasteiger partial charge in [0.25, 0.3) is 0 Å². The Balaban J connectivity index is 2.02. The molecule has 2 saturated heterocycles. The Morgan fingerprint density at radius 3 is 2.91 bits per heavy atom. The van der Waals surface area contributed by atoms with Gasteiger partial charge in [0, 0.05) is 29.7 Å². The Kier molecular flexibility index (Phi) is 4.03. The van der Waals surface area contributed by atoms with Crippen LogP contribution in [0.5, 0.6) is 0 Å². The van der Waals surface area contributed by atoms with Gasteiger partial charge in [-0.2, -0.15) is 5.26 Å². The van der Waals surface area contributed by atoms with Crippen LogP contribution >= 0.6 is 22.6 Å². The lowest BCUT2D eigenvalue weighted by Gasteiger charge is -2.38. The molecule has 0 radical (unpaired) electrons. The highest BCUT2D eigenvalue weighted by molar-refractivity contribution is 14.1. The third-order valence-electron chi connectivity index (χ3n) is 4.74. The number of benzene rings is 1. The lowest BCUT2D eigenvalue weighted by Crippen LogP contribution is -2.58. The van der Waals surface area contributed by atoms with Gasteiger partial charge in [0.1, 0.15) is 0 Å². The highest BCUT2D eigenvalue weighted by Crippen LogP contribution is 2.35. The molecule has 5 nitrogen and oxygen atoms in total. The standard InChI is InChI=1S/C16H19IN4O/c1-11-13(7-17)12(8-18)3-4-14(11)20-10-16(2)9-19-5-6-21(16)15(20)22/h3-4,19H,5-7,9-10H2,1-2H3/t16-/m1/s1. The van der Waals surface area contributed by atoms with Gasteiger partial charge in [-0.1, -0.05) is 22.6 Å². The molecule has 6 heteroatoms. The van der Waals surface area contributed by atoms with E-state index in [1.54, 1.807) is 0 Å². The number of nitrogens with zero attached hydrogens (tertiary/aromatic N) is 3. The summed E-state index contributed by atoms with van der Waals surface area (Å²) in [5.74, 6) is 0. The molecule has 0 aliphatic carbocycles. The second-order valence-electron chi connectivity index (χ2n) is 6.18. The van der Waals surface area contributed by atoms with Crippen molar-refractivity contribution in [1.82, 2.24) is 10.2 Å². The van der Waals surface area contributed by atoms with Crippen LogP contribution in [-0.2, 0) is 4.43 Å². The maximum Gasteiger partial charge on any atom is 0.325 e. The maximum atomic E-state index is 12.8. The fourth-order valence-corrected chi connectivity index (χ4v) is 4.42. The van der Waals surface area contributed by atoms with Crippen molar-refractivity contribution >= 4 is 34.3 Å². The minimum atomic E-state index is -0.153. The quantitative estimate of drug-likeness (QED) is 0.602. The molecule has 1 aromatic rings. The van der Waals surface area contributed by atoms with E-state index < -0.39 is 0 Å². The third-order valence-corrected chi connectivity index (χ3v) is 5.51. The molecule has 1 N–H and O–H groups in total. The van der Waals surface area contributed by atoms with Crippen molar-refractivity contribution in [3.8, 4) is 6.07 Å². The number of hydrogen-bond acceptors (Lipinski definition) is 3. The van der Waals surface area contributed by atoms with Crippen LogP contribution in [0.25, 0.3) is 0 Å². The number of hydrogen-bond donors (Lipinski definition) is 1. The van der Waals surface area contributed by atoms with Crippen LogP contribution in [0.1, 0.15) is 23.6 Å². The summed E-state index contributed by atoms with van der Waals surface area (Å²) in [7, 11) is 0. The molecule has 3 rings (SSSR count). The number of urea groups is 1. The number of anilines is 1. The van der Waals surface area contributed by atoms with Crippen LogP contribution in [0, 0.1) is 18.3 Å². The zero-order valence-electron chi connectivity index (χ0n) is 12.8. The van der Waals surface area contributed by atoms with Gasteiger partial charge in [0.05, 0.1) is 23.7 Å². The normalized spacial score (nSPS) is 24.4. The first-order valence-electron chi connectivity index (χ1n) is 7.40. The van der Waals surface area contributed by atoms with Crippen molar-refractivity contribution in [3.05, 3.63) is 28.8 Å². The van der Waals surface area contributed by atoms with Gasteiger partial charge in [-0.15, -0.1) is 0 Å². The van der Waals surface area contributed by atoms with E-state index in [-0.39, 0.29) is 11.6 Å². The number of nitriles is 1. The number of piperazine rings is 1. The number of rotatable bonds is 2. The van der Waals surface area contributed by atoms with Crippen molar-refractivity contribution in [2.45, 2.75) is 23.8 Å². The van der Waals surface area contributed by atoms with E-state index in [9.17, 15) is 10.1 Å². The molecule has 0 unspecified atom stereocenters. The van der Waals surface area contributed by atoms with Gasteiger partial charge in [-0.05, 0) is 37.1 Å². The topological polar surface area (TPSA) is 59.4 Å². The van der Waals surface area contributed by atoms with Crippen molar-refractivity contribution < 1.29 is 4.79 Å². The molecule has 2 aliphatic rings. The second-order valence-corrected chi connectivity index (χ2v) is 6.94. The monoisotopic (exact) mass is 410 g/mol. The highest BCUT2D eigenvalue weighted by atomic mass is 127. The zero-order valence-corrected chi connectivity index (χ0v) is 15.0. The summed E-state index contributed by atoms with van der Waals surface area (Å²) in [6, 6.07) is 6.07. The number of amides is 2. The Labute approximate surface area is 144 Å². The Morgan fingerprint density at radius 2 is 2.27 bits per heavy atom. The lowest BCUT2D eigenvalue weighted by molar-refractivity contribution is 0.143. The number of carbonyl (C=O) groups is 1. The average Bonchev–Trinajstić information content (AvgIpc) is 2.78. The molecular formula is C16H19IN4O. The van der Waals surface area contributed by atoms with Crippen LogP contribution in [0.3, 0.4) is 0 Å². The molecule has 2 fully saturated rings. The van der Waals surface area contributed by atoms with Crippen LogP contribution in [0.2, 0.25) is 0 Å². The summed E-state index contributed by atoms with van der Waals surface area (Å²) in [4.78, 5) is 16.7. The predicted octanol–water partition coefficient (Wildman–Crippen LogP) is 2.41. The maximum absolute atomic E-state index is 12.8. The number of fused-ring (bicyclic) bond motifs is 1. The molecular weight excluding hydrogens is 391 g/mol. The van der Waals surface area contributed by atoms with Gasteiger partial charge in [-0.25, -0.2) is 4.79 Å². The molecule has 1 aromatic carbocycles. The van der Waals surface area contributed by atoms with Gasteiger partial charge >= 0.3 is 6.03 Å². The Hall–Kier alpha value is -1.33. The third kappa shape index (κ3) is 2.27. The Morgan fingerprint density at radius 1 is 1.50 bits per heavy atom. The van der Waals surface area contributed by atoms with E-state index >= 15 is 0 Å². The van der Waals surface area contributed by atoms with Gasteiger partial charge in [0.15, 0.2) is 0 Å². The molecule has 22 heavy (non-hydrogen) atoms. The highest BCUT2D eigenvalue weighted by Gasteiger charge is 2.48. The first-order chi connectivity index (χ1) is 10.5. The Bertz CT molecular complexity index is 669. The van der Waals surface area contributed by atoms with Gasteiger partial charge in [0.2, 0.25) is 0 Å². The molecule has 1 atom stereocenters. The van der Waals surface area contributed by atoms with Gasteiger partial charge < -0.3 is 10.2 Å². The molecule has 0 spiro atoms. The molecule has 2 amide bonds. The van der Waals surface area contributed by atoms with Gasteiger partial charge in [-0.3, -0.25) is 4.90 Å². The second kappa shape index (κ2) is 5.70. The van der Waals surface area contributed by atoms with Crippen LogP contribution in [0.4, 0.5) is 10.5 Å². The summed E-state index contributed by atoms with van der Waals surface area (Å²) in [5, 5.41) is 12.6. The minimum Gasteiger partial charge on any atom is -0.315 e. The van der Waals surface area contributed by atoms with E-state index in [4.69, 9.17) is 0 Å². The molecule has 0 bridgehead atoms. The summed E-state index contributed by atoms with van der Waals surface area (Å²) >= 11 is 2.27. The fraction of sp³-hybridized carbons (Fsp3) is 0.500. The summed E-state index contributed by atoms with van der Waals surface area (Å²) in [6.07, 6.45) is 0. The number of halogens is 1. The zero-order chi connectivity index (χ0) is 15.9. The summed E-state index contributed by atoms with van der Waals surface area (Å²) in [6.45, 7) is 7.25. The minimum absolute atomic E-state index is 0.0798. The number of nitrogens with one attached hydrogen (secondary N) is 1. The smallest absolute Gasteiger partial charge is 0.315 e. The largest absolute Gasteiger partial charge is 0.325 e. The van der Waals surface area contributed by atoms with E-state index in [2.05, 4.69) is 40.9 Å². The van der Waals surface area contributed by atoms with Crippen molar-refractivity contribution in [3.63, 3.8) is 0 Å². The van der Waals surface area contributed by atoms with E-state index in [1.165, 1.54) is 0 Å². The van der Waals surface area contributed by atoms with E-state index in [0.29, 0.717) is 12.1 Å². The van der Waals surface area contributed by atoms with Crippen molar-refractivity contribution in [2.75, 3.05) is 31.1 Å². The first-order valence-corrected chi connectivity index (χ1v) is 8.93. The molecule has 2 heterocycles. The predicted molar refractivity (Wildman–Crippen MR) is 94.3 cm³/mol. The van der Waals surface area contributed by atoms with Crippen LogP contribution in [-0.4, -0.2) is 42.6 Å². The SMILES string of the molecule is Cc1c(N2C[C@@]3(C)CNCCN3C2=O)ccc(C#N)c1CI. The summed E-state index contributed by atoms with van der Waals surface area (Å²) in [5.41, 5.74) is 3.55. The average molecular weight is 410 g/mol. The van der Waals surface area contributed by atoms with Crippen molar-refractivity contribution in [2.24, 2.45) is 0 Å². The van der Waals surface area contributed by atoms with E-state index in [1.807, 2.05) is 28.9 Å². The molecule has 2 aliphatic heterocycles. The molecule has 0 saturated carbocycles. The number of carbonyl (C=O) groups excluding carboxylic acids is 1.